The second-order valence-corrected chi connectivity index (χ2v) is 12.3. The molecule has 0 aromatic carbocycles. The largest absolute Gasteiger partial charge is 0.394 e. The van der Waals surface area contributed by atoms with Crippen LogP contribution in [0.3, 0.4) is 0 Å². The number of aliphatic hydroxyl groups excluding tert-OH is 2. The molecule has 2 atom stereocenters. The Bertz CT molecular complexity index is 697. The van der Waals surface area contributed by atoms with Crippen LogP contribution in [-0.2, 0) is 4.79 Å². The summed E-state index contributed by atoms with van der Waals surface area (Å²) in [6.45, 7) is 4.21. The van der Waals surface area contributed by atoms with Crippen LogP contribution in [0.1, 0.15) is 174 Å². The molecule has 0 aromatic rings. The zero-order valence-electron chi connectivity index (χ0n) is 28.5. The minimum atomic E-state index is -0.661. The van der Waals surface area contributed by atoms with Crippen LogP contribution < -0.4 is 5.32 Å². The Labute approximate surface area is 267 Å². The molecule has 0 fully saturated rings. The van der Waals surface area contributed by atoms with Gasteiger partial charge < -0.3 is 15.5 Å². The number of rotatable bonds is 32. The maximum absolute atomic E-state index is 12.3. The highest BCUT2D eigenvalue weighted by Gasteiger charge is 2.19. The lowest BCUT2D eigenvalue weighted by Crippen LogP contribution is -2.45. The van der Waals surface area contributed by atoms with Crippen LogP contribution in [0.15, 0.2) is 48.6 Å². The zero-order chi connectivity index (χ0) is 31.5. The summed E-state index contributed by atoms with van der Waals surface area (Å²) in [5, 5.41) is 23.0. The van der Waals surface area contributed by atoms with Crippen molar-refractivity contribution in [1.29, 1.82) is 0 Å². The molecule has 4 nitrogen and oxygen atoms in total. The summed E-state index contributed by atoms with van der Waals surface area (Å²) in [6, 6.07) is -0.539. The van der Waals surface area contributed by atoms with Gasteiger partial charge in [0.05, 0.1) is 18.8 Å². The molecule has 0 aliphatic rings. The first-order chi connectivity index (χ1) is 21.2. The van der Waals surface area contributed by atoms with Gasteiger partial charge in [0.15, 0.2) is 0 Å². The van der Waals surface area contributed by atoms with Crippen LogP contribution in [0.2, 0.25) is 0 Å². The molecular weight excluding hydrogens is 530 g/mol. The maximum atomic E-state index is 12.3. The highest BCUT2D eigenvalue weighted by Crippen LogP contribution is 2.14. The number of nitrogens with one attached hydrogen (secondary N) is 1. The Balaban J connectivity index is 3.59. The van der Waals surface area contributed by atoms with Crippen LogP contribution in [-0.4, -0.2) is 34.9 Å². The van der Waals surface area contributed by atoms with Gasteiger partial charge in [-0.05, 0) is 51.4 Å². The fraction of sp³-hybridized carbons (Fsp3) is 0.769. The van der Waals surface area contributed by atoms with Crippen molar-refractivity contribution in [3.05, 3.63) is 48.6 Å². The van der Waals surface area contributed by atoms with E-state index in [0.29, 0.717) is 12.8 Å². The van der Waals surface area contributed by atoms with E-state index in [4.69, 9.17) is 0 Å². The molecule has 0 rings (SSSR count). The van der Waals surface area contributed by atoms with E-state index in [9.17, 15) is 15.0 Å². The van der Waals surface area contributed by atoms with Crippen LogP contribution in [0.5, 0.6) is 0 Å². The predicted octanol–water partition coefficient (Wildman–Crippen LogP) is 10.8. The third-order valence-corrected chi connectivity index (χ3v) is 8.10. The second-order valence-electron chi connectivity index (χ2n) is 12.3. The molecule has 0 heterocycles. The molecule has 0 saturated carbocycles. The van der Waals surface area contributed by atoms with Gasteiger partial charge >= 0.3 is 0 Å². The van der Waals surface area contributed by atoms with Crippen molar-refractivity contribution < 1.29 is 15.0 Å². The molecule has 0 bridgehead atoms. The van der Waals surface area contributed by atoms with E-state index in [1.54, 1.807) is 0 Å². The van der Waals surface area contributed by atoms with Crippen molar-refractivity contribution in [2.24, 2.45) is 0 Å². The molecule has 0 aliphatic heterocycles. The minimum absolute atomic E-state index is 0.0444. The number of aliphatic hydroxyl groups is 2. The van der Waals surface area contributed by atoms with Gasteiger partial charge in [-0.3, -0.25) is 4.79 Å². The Morgan fingerprint density at radius 1 is 0.581 bits per heavy atom. The second kappa shape index (κ2) is 34.8. The average Bonchev–Trinajstić information content (AvgIpc) is 3.01. The van der Waals surface area contributed by atoms with Gasteiger partial charge in [0.2, 0.25) is 5.91 Å². The van der Waals surface area contributed by atoms with Crippen LogP contribution in [0.25, 0.3) is 0 Å². The minimum Gasteiger partial charge on any atom is -0.394 e. The number of allylic oxidation sites excluding steroid dienone is 8. The van der Waals surface area contributed by atoms with Gasteiger partial charge in [0, 0.05) is 6.42 Å². The highest BCUT2D eigenvalue weighted by atomic mass is 16.3. The van der Waals surface area contributed by atoms with Crippen LogP contribution in [0.4, 0.5) is 0 Å². The van der Waals surface area contributed by atoms with Gasteiger partial charge in [-0.1, -0.05) is 165 Å². The third-order valence-electron chi connectivity index (χ3n) is 8.10. The molecule has 250 valence electrons. The topological polar surface area (TPSA) is 69.6 Å². The lowest BCUT2D eigenvalue weighted by Gasteiger charge is -2.22. The standard InChI is InChI=1S/C39H71NO3/c1-3-5-7-9-11-13-15-16-17-18-19-20-21-22-23-24-25-27-29-31-33-35-39(43)40-37(36-41)38(42)34-32-30-28-26-14-12-10-8-6-4-2/h5,7,11,13,16-17,19-20,37-38,41-42H,3-4,6,8-10,12,14-15,18,21-36H2,1-2H3,(H,40,43)/b7-5-,13-11-,17-16-,20-19-. The molecule has 0 aliphatic carbocycles. The summed E-state index contributed by atoms with van der Waals surface area (Å²) in [6.07, 6.45) is 45.9. The van der Waals surface area contributed by atoms with Crippen LogP contribution in [0, 0.1) is 0 Å². The summed E-state index contributed by atoms with van der Waals surface area (Å²) in [4.78, 5) is 12.3. The van der Waals surface area contributed by atoms with E-state index in [-0.39, 0.29) is 12.5 Å². The Morgan fingerprint density at radius 2 is 1.02 bits per heavy atom. The van der Waals surface area contributed by atoms with Crippen molar-refractivity contribution >= 4 is 5.91 Å². The van der Waals surface area contributed by atoms with E-state index in [1.165, 1.54) is 96.3 Å². The van der Waals surface area contributed by atoms with Crippen molar-refractivity contribution in [2.75, 3.05) is 6.61 Å². The van der Waals surface area contributed by atoms with Crippen molar-refractivity contribution in [1.82, 2.24) is 5.32 Å². The number of carbonyl (C=O) groups excluding carboxylic acids is 1. The van der Waals surface area contributed by atoms with Gasteiger partial charge in [0.25, 0.3) is 0 Å². The van der Waals surface area contributed by atoms with E-state index >= 15 is 0 Å². The fourth-order valence-electron chi connectivity index (χ4n) is 5.29. The molecule has 0 spiro atoms. The maximum Gasteiger partial charge on any atom is 0.220 e. The molecule has 43 heavy (non-hydrogen) atoms. The van der Waals surface area contributed by atoms with E-state index in [1.807, 2.05) is 0 Å². The summed E-state index contributed by atoms with van der Waals surface area (Å²) in [5.74, 6) is -0.0444. The predicted molar refractivity (Wildman–Crippen MR) is 188 cm³/mol. The molecular formula is C39H71NO3. The van der Waals surface area contributed by atoms with Crippen molar-refractivity contribution in [3.8, 4) is 0 Å². The fourth-order valence-corrected chi connectivity index (χ4v) is 5.29. The normalized spacial score (nSPS) is 13.7. The Kier molecular flexibility index (Phi) is 33.5. The van der Waals surface area contributed by atoms with Gasteiger partial charge in [-0.2, -0.15) is 0 Å². The van der Waals surface area contributed by atoms with Crippen LogP contribution >= 0.6 is 0 Å². The van der Waals surface area contributed by atoms with Crippen molar-refractivity contribution in [3.63, 3.8) is 0 Å². The Hall–Kier alpha value is -1.65. The Morgan fingerprint density at radius 3 is 1.53 bits per heavy atom. The first-order valence-corrected chi connectivity index (χ1v) is 18.3. The van der Waals surface area contributed by atoms with Gasteiger partial charge in [-0.25, -0.2) is 0 Å². The van der Waals surface area contributed by atoms with Gasteiger partial charge in [-0.15, -0.1) is 0 Å². The van der Waals surface area contributed by atoms with Gasteiger partial charge in [0.1, 0.15) is 0 Å². The van der Waals surface area contributed by atoms with E-state index < -0.39 is 12.1 Å². The smallest absolute Gasteiger partial charge is 0.220 e. The summed E-state index contributed by atoms with van der Waals surface area (Å²) >= 11 is 0. The molecule has 3 N–H and O–H groups in total. The summed E-state index contributed by atoms with van der Waals surface area (Å²) in [7, 11) is 0. The quantitative estimate of drug-likeness (QED) is 0.0530. The number of amides is 1. The molecule has 4 heteroatoms. The number of hydrogen-bond acceptors (Lipinski definition) is 3. The molecule has 2 unspecified atom stereocenters. The third kappa shape index (κ3) is 31.6. The van der Waals surface area contributed by atoms with Crippen molar-refractivity contribution in [2.45, 2.75) is 187 Å². The number of hydrogen-bond donors (Lipinski definition) is 3. The first kappa shape index (κ1) is 41.4. The molecule has 0 aromatic heterocycles. The lowest BCUT2D eigenvalue weighted by molar-refractivity contribution is -0.123. The summed E-state index contributed by atoms with van der Waals surface area (Å²) < 4.78 is 0. The number of unbranched alkanes of at least 4 members (excludes halogenated alkanes) is 17. The van der Waals surface area contributed by atoms with E-state index in [0.717, 1.165) is 51.4 Å². The van der Waals surface area contributed by atoms with E-state index in [2.05, 4.69) is 67.8 Å². The summed E-state index contributed by atoms with van der Waals surface area (Å²) in [5.41, 5.74) is 0. The highest BCUT2D eigenvalue weighted by molar-refractivity contribution is 5.76. The SMILES string of the molecule is CC/C=C\C/C=C\C/C=C\C/C=C\CCCCCCCCCCC(=O)NC(CO)C(O)CCCCCCCCCCCC. The first-order valence-electron chi connectivity index (χ1n) is 18.3. The molecule has 1 amide bonds. The lowest BCUT2D eigenvalue weighted by atomic mass is 10.0. The zero-order valence-corrected chi connectivity index (χ0v) is 28.5. The molecule has 0 saturated heterocycles. The average molecular weight is 602 g/mol. The molecule has 0 radical (unpaired) electrons. The monoisotopic (exact) mass is 602 g/mol. The number of carbonyl (C=O) groups is 1.